The Bertz CT molecular complexity index is 838. The van der Waals surface area contributed by atoms with E-state index in [1.807, 2.05) is 50.0 Å². The van der Waals surface area contributed by atoms with Crippen molar-refractivity contribution in [3.63, 3.8) is 0 Å². The van der Waals surface area contributed by atoms with E-state index in [0.717, 1.165) is 16.8 Å². The first kappa shape index (κ1) is 23.2. The number of nitrogens with zero attached hydrogens (tertiary/aromatic N) is 2. The van der Waals surface area contributed by atoms with Crippen LogP contribution in [0.5, 0.6) is 5.75 Å². The lowest BCUT2D eigenvalue weighted by atomic mass is 10.1. The van der Waals surface area contributed by atoms with Crippen LogP contribution in [0.4, 0.5) is 5.69 Å². The maximum atomic E-state index is 12.8. The van der Waals surface area contributed by atoms with Gasteiger partial charge in [-0.2, -0.15) is 0 Å². The van der Waals surface area contributed by atoms with Gasteiger partial charge in [-0.1, -0.05) is 24.3 Å². The van der Waals surface area contributed by atoms with Gasteiger partial charge in [-0.05, 0) is 56.2 Å². The van der Waals surface area contributed by atoms with Crippen LogP contribution in [0.25, 0.3) is 0 Å². The monoisotopic (exact) mass is 414 g/mol. The lowest BCUT2D eigenvalue weighted by Crippen LogP contribution is -2.48. The molecule has 0 aliphatic heterocycles. The number of aliphatic carboxylic acids is 1. The summed E-state index contributed by atoms with van der Waals surface area (Å²) in [5.74, 6) is -0.599. The highest BCUT2D eigenvalue weighted by atomic mass is 16.5. The van der Waals surface area contributed by atoms with E-state index in [2.05, 4.69) is 0 Å². The second kappa shape index (κ2) is 11.2. The predicted octanol–water partition coefficient (Wildman–Crippen LogP) is 3.31. The molecule has 1 N–H and O–H groups in total. The fourth-order valence-electron chi connectivity index (χ4n) is 3.19. The molecule has 0 saturated heterocycles. The number of aryl methyl sites for hydroxylation is 1. The van der Waals surface area contributed by atoms with Crippen LogP contribution in [0.2, 0.25) is 0 Å². The molecule has 2 aromatic carbocycles. The predicted molar refractivity (Wildman–Crippen MR) is 116 cm³/mol. The third kappa shape index (κ3) is 6.22. The maximum absolute atomic E-state index is 12.8. The molecule has 0 aliphatic rings. The SMILES string of the molecule is CCN(C(=O)COc1ccc(C[C@H](OC)C(=O)O)cc1)N(CC)c1cccc(C)c1. The second-order valence-electron chi connectivity index (χ2n) is 6.86. The maximum Gasteiger partial charge on any atom is 0.333 e. The molecule has 0 fully saturated rings. The summed E-state index contributed by atoms with van der Waals surface area (Å²) in [5, 5.41) is 12.7. The van der Waals surface area contributed by atoms with Gasteiger partial charge in [-0.25, -0.2) is 4.79 Å². The molecule has 0 radical (unpaired) electrons. The lowest BCUT2D eigenvalue weighted by molar-refractivity contribution is -0.148. The van der Waals surface area contributed by atoms with E-state index < -0.39 is 12.1 Å². The van der Waals surface area contributed by atoms with Crippen LogP contribution < -0.4 is 9.75 Å². The van der Waals surface area contributed by atoms with Crippen LogP contribution in [0.1, 0.15) is 25.0 Å². The van der Waals surface area contributed by atoms with Crippen LogP contribution in [-0.2, 0) is 20.7 Å². The summed E-state index contributed by atoms with van der Waals surface area (Å²) in [6.07, 6.45) is -0.630. The number of hydrogen-bond acceptors (Lipinski definition) is 5. The number of carbonyl (C=O) groups is 2. The number of anilines is 1. The number of rotatable bonds is 11. The highest BCUT2D eigenvalue weighted by Gasteiger charge is 2.20. The van der Waals surface area contributed by atoms with Crippen molar-refractivity contribution >= 4 is 17.6 Å². The molecule has 0 aromatic heterocycles. The molecule has 0 aliphatic carbocycles. The minimum Gasteiger partial charge on any atom is -0.484 e. The highest BCUT2D eigenvalue weighted by Crippen LogP contribution is 2.19. The van der Waals surface area contributed by atoms with Gasteiger partial charge in [-0.3, -0.25) is 14.8 Å². The van der Waals surface area contributed by atoms with E-state index in [0.29, 0.717) is 18.8 Å². The smallest absolute Gasteiger partial charge is 0.333 e. The number of ether oxygens (including phenoxy) is 2. The molecule has 7 nitrogen and oxygen atoms in total. The number of hydrogen-bond donors (Lipinski definition) is 1. The van der Waals surface area contributed by atoms with Crippen molar-refractivity contribution in [3.8, 4) is 5.75 Å². The Kier molecular flexibility index (Phi) is 8.68. The highest BCUT2D eigenvalue weighted by molar-refractivity contribution is 5.79. The minimum absolute atomic E-state index is 0.0919. The zero-order chi connectivity index (χ0) is 22.1. The number of hydrazine groups is 1. The molecule has 0 unspecified atom stereocenters. The number of likely N-dealkylation sites (N-methyl/N-ethyl adjacent to an activating group) is 1. The summed E-state index contributed by atoms with van der Waals surface area (Å²) in [6.45, 7) is 7.04. The van der Waals surface area contributed by atoms with Crippen LogP contribution >= 0.6 is 0 Å². The number of carboxylic acids is 1. The molecule has 2 aromatic rings. The fraction of sp³-hybridized carbons (Fsp3) is 0.391. The first-order valence-electron chi connectivity index (χ1n) is 10.0. The van der Waals surface area contributed by atoms with E-state index in [-0.39, 0.29) is 18.9 Å². The van der Waals surface area contributed by atoms with Gasteiger partial charge in [-0.15, -0.1) is 0 Å². The minimum atomic E-state index is -1.00. The van der Waals surface area contributed by atoms with Crippen LogP contribution in [-0.4, -0.2) is 54.9 Å². The summed E-state index contributed by atoms with van der Waals surface area (Å²) in [4.78, 5) is 23.9. The Labute approximate surface area is 177 Å². The van der Waals surface area contributed by atoms with Gasteiger partial charge in [0.25, 0.3) is 5.91 Å². The average Bonchev–Trinajstić information content (AvgIpc) is 2.74. The number of carboxylic acid groups (broad SMARTS) is 1. The molecule has 0 bridgehead atoms. The zero-order valence-electron chi connectivity index (χ0n) is 18.0. The van der Waals surface area contributed by atoms with Crippen molar-refractivity contribution in [1.82, 2.24) is 5.01 Å². The van der Waals surface area contributed by atoms with Crippen LogP contribution in [0.15, 0.2) is 48.5 Å². The molecule has 1 atom stereocenters. The van der Waals surface area contributed by atoms with Gasteiger partial charge in [0, 0.05) is 26.6 Å². The van der Waals surface area contributed by atoms with Crippen molar-refractivity contribution in [1.29, 1.82) is 0 Å². The van der Waals surface area contributed by atoms with E-state index in [1.54, 1.807) is 29.3 Å². The Morgan fingerprint density at radius 1 is 1.07 bits per heavy atom. The van der Waals surface area contributed by atoms with Gasteiger partial charge in [0.15, 0.2) is 12.7 Å². The van der Waals surface area contributed by atoms with Crippen LogP contribution in [0.3, 0.4) is 0 Å². The fourth-order valence-corrected chi connectivity index (χ4v) is 3.19. The van der Waals surface area contributed by atoms with Crippen molar-refractivity contribution in [2.24, 2.45) is 0 Å². The largest absolute Gasteiger partial charge is 0.484 e. The summed E-state index contributed by atoms with van der Waals surface area (Å²) in [5.41, 5.74) is 2.90. The third-order valence-electron chi connectivity index (χ3n) is 4.74. The summed E-state index contributed by atoms with van der Waals surface area (Å²) in [6, 6.07) is 15.0. The molecule has 2 rings (SSSR count). The van der Waals surface area contributed by atoms with Crippen molar-refractivity contribution in [2.75, 3.05) is 31.8 Å². The first-order valence-corrected chi connectivity index (χ1v) is 10.0. The van der Waals surface area contributed by atoms with Crippen molar-refractivity contribution < 1.29 is 24.2 Å². The third-order valence-corrected chi connectivity index (χ3v) is 4.74. The summed E-state index contributed by atoms with van der Waals surface area (Å²) in [7, 11) is 1.37. The first-order chi connectivity index (χ1) is 14.4. The normalized spacial score (nSPS) is 11.6. The molecule has 0 spiro atoms. The molecule has 30 heavy (non-hydrogen) atoms. The molecular weight excluding hydrogens is 384 g/mol. The van der Waals surface area contributed by atoms with Gasteiger partial charge in [0.1, 0.15) is 5.75 Å². The Balaban J connectivity index is 2.00. The molecule has 0 saturated carbocycles. The Morgan fingerprint density at radius 2 is 1.77 bits per heavy atom. The topological polar surface area (TPSA) is 79.3 Å². The molecule has 1 amide bonds. The van der Waals surface area contributed by atoms with Gasteiger partial charge in [0.05, 0.1) is 5.69 Å². The average molecular weight is 415 g/mol. The van der Waals surface area contributed by atoms with E-state index in [9.17, 15) is 9.59 Å². The van der Waals surface area contributed by atoms with E-state index in [1.165, 1.54) is 7.11 Å². The molecule has 7 heteroatoms. The lowest BCUT2D eigenvalue weighted by Gasteiger charge is -2.35. The molecule has 162 valence electrons. The van der Waals surface area contributed by atoms with Crippen molar-refractivity contribution in [2.45, 2.75) is 33.3 Å². The number of methoxy groups -OCH3 is 1. The van der Waals surface area contributed by atoms with Crippen LogP contribution in [0, 0.1) is 6.92 Å². The zero-order valence-corrected chi connectivity index (χ0v) is 18.0. The van der Waals surface area contributed by atoms with E-state index >= 15 is 0 Å². The van der Waals surface area contributed by atoms with Gasteiger partial charge in [0.2, 0.25) is 0 Å². The van der Waals surface area contributed by atoms with E-state index in [4.69, 9.17) is 14.6 Å². The standard InChI is InChI=1S/C23H30N2O5/c1-5-24(19-9-7-8-17(3)14-19)25(6-2)22(26)16-30-20-12-10-18(11-13-20)15-21(29-4)23(27)28/h7-14,21H,5-6,15-16H2,1-4H3,(H,27,28)/t21-/m0/s1. The van der Waals surface area contributed by atoms with Crippen molar-refractivity contribution in [3.05, 3.63) is 59.7 Å². The van der Waals surface area contributed by atoms with Gasteiger partial charge >= 0.3 is 5.97 Å². The Hall–Kier alpha value is -3.06. The summed E-state index contributed by atoms with van der Waals surface area (Å²) < 4.78 is 10.6. The molecular formula is C23H30N2O5. The summed E-state index contributed by atoms with van der Waals surface area (Å²) >= 11 is 0. The number of carbonyl (C=O) groups excluding carboxylic acids is 1. The Morgan fingerprint density at radius 3 is 2.30 bits per heavy atom. The molecule has 0 heterocycles. The van der Waals surface area contributed by atoms with Gasteiger partial charge < -0.3 is 14.6 Å². The second-order valence-corrected chi connectivity index (χ2v) is 6.86. The number of amides is 1. The number of benzene rings is 2. The quantitative estimate of drug-likeness (QED) is 0.569.